The Bertz CT molecular complexity index is 1290. The predicted molar refractivity (Wildman–Crippen MR) is 117 cm³/mol. The van der Waals surface area contributed by atoms with Crippen LogP contribution in [0.2, 0.25) is 5.02 Å². The number of fused-ring (bicyclic) bond motifs is 1. The van der Waals surface area contributed by atoms with Crippen LogP contribution in [0.3, 0.4) is 0 Å². The molecule has 2 aromatic carbocycles. The number of amides is 1. The Hall–Kier alpha value is -3.42. The van der Waals surface area contributed by atoms with E-state index >= 15 is 0 Å². The summed E-state index contributed by atoms with van der Waals surface area (Å²) in [5.74, 6) is 0.331. The molecular weight excluding hydrogens is 420 g/mol. The zero-order valence-electron chi connectivity index (χ0n) is 15.6. The third-order valence-electron chi connectivity index (χ3n) is 4.53. The Morgan fingerprint density at radius 2 is 1.93 bits per heavy atom. The first kappa shape index (κ1) is 18.6. The van der Waals surface area contributed by atoms with Crippen molar-refractivity contribution in [3.8, 4) is 17.1 Å². The number of hydrogen-bond donors (Lipinski definition) is 1. The number of thiazole rings is 1. The van der Waals surface area contributed by atoms with Gasteiger partial charge in [0.2, 0.25) is 0 Å². The van der Waals surface area contributed by atoms with Gasteiger partial charge in [-0.25, -0.2) is 9.67 Å². The maximum atomic E-state index is 12.8. The molecule has 3 heterocycles. The molecule has 0 unspecified atom stereocenters. The van der Waals surface area contributed by atoms with Crippen molar-refractivity contribution >= 4 is 39.1 Å². The van der Waals surface area contributed by atoms with Gasteiger partial charge in [0, 0.05) is 11.1 Å². The lowest BCUT2D eigenvalue weighted by Crippen LogP contribution is -2.23. The zero-order chi connectivity index (χ0) is 20.5. The van der Waals surface area contributed by atoms with Crippen molar-refractivity contribution in [3.05, 3.63) is 88.7 Å². The average Bonchev–Trinajstić information content (AvgIpc) is 3.51. The monoisotopic (exact) mass is 434 g/mol. The standard InChI is InChI=1S/C22H15ClN4O2S/c23-14-7-9-15(10-8-14)27-18(19-5-3-11-29-19)12-17(26-27)22(28)24-13-21-25-16-4-1-2-6-20(16)30-21/h1-12H,13H2,(H,24,28). The molecule has 0 spiro atoms. The molecule has 148 valence electrons. The maximum absolute atomic E-state index is 12.8. The normalized spacial score (nSPS) is 11.1. The second-order valence-electron chi connectivity index (χ2n) is 6.54. The van der Waals surface area contributed by atoms with Crippen LogP contribution in [0.5, 0.6) is 0 Å². The predicted octanol–water partition coefficient (Wildman–Crippen LogP) is 5.33. The van der Waals surface area contributed by atoms with E-state index < -0.39 is 0 Å². The van der Waals surface area contributed by atoms with Crippen LogP contribution < -0.4 is 5.32 Å². The quantitative estimate of drug-likeness (QED) is 0.406. The van der Waals surface area contributed by atoms with Gasteiger partial charge in [-0.3, -0.25) is 4.79 Å². The summed E-state index contributed by atoms with van der Waals surface area (Å²) in [5, 5.41) is 8.87. The van der Waals surface area contributed by atoms with E-state index in [0.717, 1.165) is 20.9 Å². The largest absolute Gasteiger partial charge is 0.463 e. The van der Waals surface area contributed by atoms with E-state index in [0.29, 0.717) is 23.0 Å². The van der Waals surface area contributed by atoms with Crippen LogP contribution >= 0.6 is 22.9 Å². The fourth-order valence-corrected chi connectivity index (χ4v) is 4.15. The van der Waals surface area contributed by atoms with Gasteiger partial charge in [-0.15, -0.1) is 11.3 Å². The second kappa shape index (κ2) is 7.78. The Balaban J connectivity index is 1.42. The van der Waals surface area contributed by atoms with E-state index in [4.69, 9.17) is 16.0 Å². The summed E-state index contributed by atoms with van der Waals surface area (Å²) in [6, 6.07) is 20.5. The van der Waals surface area contributed by atoms with Crippen LogP contribution in [0.15, 0.2) is 77.4 Å². The molecular formula is C22H15ClN4O2S. The molecule has 0 radical (unpaired) electrons. The molecule has 5 aromatic rings. The molecule has 0 atom stereocenters. The molecule has 0 fully saturated rings. The summed E-state index contributed by atoms with van der Waals surface area (Å²) in [6.45, 7) is 0.335. The third kappa shape index (κ3) is 3.60. The number of nitrogens with one attached hydrogen (secondary N) is 1. The van der Waals surface area contributed by atoms with Crippen molar-refractivity contribution in [2.24, 2.45) is 0 Å². The van der Waals surface area contributed by atoms with Crippen LogP contribution in [0.25, 0.3) is 27.4 Å². The van der Waals surface area contributed by atoms with Crippen molar-refractivity contribution in [3.63, 3.8) is 0 Å². The lowest BCUT2D eigenvalue weighted by molar-refractivity contribution is 0.0945. The highest BCUT2D eigenvalue weighted by Crippen LogP contribution is 2.26. The molecule has 0 saturated heterocycles. The first-order valence-corrected chi connectivity index (χ1v) is 10.4. The number of rotatable bonds is 5. The molecule has 30 heavy (non-hydrogen) atoms. The van der Waals surface area contributed by atoms with E-state index in [1.807, 2.05) is 42.5 Å². The molecule has 8 heteroatoms. The molecule has 3 aromatic heterocycles. The van der Waals surface area contributed by atoms with Gasteiger partial charge in [-0.2, -0.15) is 5.10 Å². The minimum absolute atomic E-state index is 0.283. The van der Waals surface area contributed by atoms with Gasteiger partial charge in [0.1, 0.15) is 10.7 Å². The number of benzene rings is 2. The number of nitrogens with zero attached hydrogens (tertiary/aromatic N) is 3. The summed E-state index contributed by atoms with van der Waals surface area (Å²) >= 11 is 7.57. The molecule has 0 aliphatic carbocycles. The summed E-state index contributed by atoms with van der Waals surface area (Å²) in [6.07, 6.45) is 1.58. The SMILES string of the molecule is O=C(NCc1nc2ccccc2s1)c1cc(-c2ccco2)n(-c2ccc(Cl)cc2)n1. The molecule has 0 saturated carbocycles. The third-order valence-corrected chi connectivity index (χ3v) is 5.81. The van der Waals surface area contributed by atoms with E-state index in [1.165, 1.54) is 0 Å². The topological polar surface area (TPSA) is 73.0 Å². The van der Waals surface area contributed by atoms with Gasteiger partial charge in [0.25, 0.3) is 5.91 Å². The van der Waals surface area contributed by atoms with Gasteiger partial charge in [0.15, 0.2) is 11.5 Å². The van der Waals surface area contributed by atoms with Crippen LogP contribution in [-0.2, 0) is 6.54 Å². The van der Waals surface area contributed by atoms with Crippen LogP contribution in [0, 0.1) is 0 Å². The molecule has 6 nitrogen and oxygen atoms in total. The van der Waals surface area contributed by atoms with E-state index in [2.05, 4.69) is 15.4 Å². The van der Waals surface area contributed by atoms with Gasteiger partial charge >= 0.3 is 0 Å². The number of carbonyl (C=O) groups is 1. The first-order valence-electron chi connectivity index (χ1n) is 9.20. The zero-order valence-corrected chi connectivity index (χ0v) is 17.2. The molecule has 1 amide bonds. The summed E-state index contributed by atoms with van der Waals surface area (Å²) in [7, 11) is 0. The number of aromatic nitrogens is 3. The highest BCUT2D eigenvalue weighted by atomic mass is 35.5. The van der Waals surface area contributed by atoms with Crippen molar-refractivity contribution in [1.29, 1.82) is 0 Å². The minimum atomic E-state index is -0.283. The first-order chi connectivity index (χ1) is 14.7. The molecule has 0 bridgehead atoms. The lowest BCUT2D eigenvalue weighted by atomic mass is 10.2. The maximum Gasteiger partial charge on any atom is 0.272 e. The fraction of sp³-hybridized carbons (Fsp3) is 0.0455. The van der Waals surface area contributed by atoms with Gasteiger partial charge < -0.3 is 9.73 Å². The average molecular weight is 435 g/mol. The highest BCUT2D eigenvalue weighted by Gasteiger charge is 2.18. The smallest absolute Gasteiger partial charge is 0.272 e. The lowest BCUT2D eigenvalue weighted by Gasteiger charge is -2.05. The Kier molecular flexibility index (Phi) is 4.82. The molecule has 5 rings (SSSR count). The van der Waals surface area contributed by atoms with E-state index in [-0.39, 0.29) is 11.6 Å². The number of carbonyl (C=O) groups excluding carboxylic acids is 1. The summed E-state index contributed by atoms with van der Waals surface area (Å²) < 4.78 is 8.29. The van der Waals surface area contributed by atoms with Gasteiger partial charge in [-0.05, 0) is 48.5 Å². The second-order valence-corrected chi connectivity index (χ2v) is 8.09. The minimum Gasteiger partial charge on any atom is -0.463 e. The van der Waals surface area contributed by atoms with Crippen LogP contribution in [0.4, 0.5) is 0 Å². The Morgan fingerprint density at radius 1 is 1.10 bits per heavy atom. The fourth-order valence-electron chi connectivity index (χ4n) is 3.11. The molecule has 0 aliphatic rings. The van der Waals surface area contributed by atoms with Gasteiger partial charge in [-0.1, -0.05) is 23.7 Å². The number of furan rings is 1. The molecule has 0 aliphatic heterocycles. The highest BCUT2D eigenvalue weighted by molar-refractivity contribution is 7.18. The number of halogens is 1. The number of para-hydroxylation sites is 1. The van der Waals surface area contributed by atoms with Gasteiger partial charge in [0.05, 0.1) is 28.7 Å². The van der Waals surface area contributed by atoms with Crippen molar-refractivity contribution < 1.29 is 9.21 Å². The van der Waals surface area contributed by atoms with E-state index in [9.17, 15) is 4.79 Å². The molecule has 1 N–H and O–H groups in total. The Labute approximate surface area is 180 Å². The van der Waals surface area contributed by atoms with Crippen molar-refractivity contribution in [2.45, 2.75) is 6.54 Å². The summed E-state index contributed by atoms with van der Waals surface area (Å²) in [5.41, 5.74) is 2.67. The van der Waals surface area contributed by atoms with Crippen LogP contribution in [-0.4, -0.2) is 20.7 Å². The summed E-state index contributed by atoms with van der Waals surface area (Å²) in [4.78, 5) is 17.3. The van der Waals surface area contributed by atoms with Crippen molar-refractivity contribution in [2.75, 3.05) is 0 Å². The van der Waals surface area contributed by atoms with E-state index in [1.54, 1.807) is 46.5 Å². The Morgan fingerprint density at radius 3 is 2.70 bits per heavy atom. The van der Waals surface area contributed by atoms with Crippen LogP contribution in [0.1, 0.15) is 15.5 Å². The van der Waals surface area contributed by atoms with Crippen molar-refractivity contribution in [1.82, 2.24) is 20.1 Å². The number of hydrogen-bond acceptors (Lipinski definition) is 5.